The van der Waals surface area contributed by atoms with Crippen molar-refractivity contribution in [2.24, 2.45) is 0 Å². The molecule has 0 heterocycles. The fourth-order valence-electron chi connectivity index (χ4n) is 8.07. The van der Waals surface area contributed by atoms with Crippen LogP contribution in [0.2, 0.25) is 30.1 Å². The molecule has 78 heavy (non-hydrogen) atoms. The number of amides is 3. The molecule has 6 aromatic rings. The van der Waals surface area contributed by atoms with Crippen LogP contribution in [-0.2, 0) is 33.6 Å². The van der Waals surface area contributed by atoms with E-state index in [0.717, 1.165) is 50.1 Å². The highest BCUT2D eigenvalue weighted by atomic mass is 35.5. The largest absolute Gasteiger partial charge is 0.391 e. The third kappa shape index (κ3) is 21.9. The summed E-state index contributed by atoms with van der Waals surface area (Å²) < 4.78 is 0. The van der Waals surface area contributed by atoms with Crippen molar-refractivity contribution in [3.8, 4) is 33.4 Å². The molecule has 3 amide bonds. The van der Waals surface area contributed by atoms with Gasteiger partial charge in [0.05, 0.1) is 36.4 Å². The first-order valence-electron chi connectivity index (χ1n) is 25.1. The van der Waals surface area contributed by atoms with Crippen LogP contribution < -0.4 is 16.0 Å². The van der Waals surface area contributed by atoms with E-state index < -0.39 is 60.7 Å². The molecule has 0 aromatic heterocycles. The highest BCUT2D eigenvalue weighted by Gasteiger charge is 2.28. The van der Waals surface area contributed by atoms with Gasteiger partial charge in [-0.05, 0) is 145 Å². The van der Waals surface area contributed by atoms with Crippen LogP contribution in [0.1, 0.15) is 64.2 Å². The van der Waals surface area contributed by atoms with Gasteiger partial charge in [-0.1, -0.05) is 156 Å². The van der Waals surface area contributed by atoms with Crippen molar-refractivity contribution < 1.29 is 45.0 Å². The monoisotopic (exact) mass is 1210 g/mol. The molecule has 0 spiro atoms. The molecule has 0 saturated carbocycles. The van der Waals surface area contributed by atoms with E-state index in [2.05, 4.69) is 16.0 Å². The quantitative estimate of drug-likeness (QED) is 0.0314. The summed E-state index contributed by atoms with van der Waals surface area (Å²) in [5, 5.41) is 71.1. The molecule has 0 aliphatic carbocycles. The first-order valence-corrected chi connectivity index (χ1v) is 27.9. The Hall–Kier alpha value is -4.48. The maximum atomic E-state index is 11.7. The average molecular weight is 1210 g/mol. The number of nitrogens with one attached hydrogen (secondary N) is 3. The summed E-state index contributed by atoms with van der Waals surface area (Å²) in [6.45, 7) is 7.96. The summed E-state index contributed by atoms with van der Waals surface area (Å²) >= 11 is 41.8. The zero-order valence-electron chi connectivity index (χ0n) is 43.6. The Kier molecular flexibility index (Phi) is 27.7. The van der Waals surface area contributed by atoms with Crippen molar-refractivity contribution in [1.82, 2.24) is 16.0 Å². The normalized spacial score (nSPS) is 14.5. The number of hydrogen-bond donors (Lipinski definition) is 9. The third-order valence-electron chi connectivity index (χ3n) is 12.3. The summed E-state index contributed by atoms with van der Waals surface area (Å²) in [5.74, 6) is -0.946. The molecule has 0 fully saturated rings. The molecule has 9 unspecified atom stereocenters. The van der Waals surface area contributed by atoms with Gasteiger partial charge in [0, 0.05) is 43.0 Å². The van der Waals surface area contributed by atoms with Gasteiger partial charge in [0.1, 0.15) is 24.2 Å². The topological polar surface area (TPSA) is 209 Å². The number of carbonyl (C=O) groups excluding carboxylic acids is 3. The second-order valence-corrected chi connectivity index (χ2v) is 21.6. The van der Waals surface area contributed by atoms with Crippen molar-refractivity contribution in [2.45, 2.75) is 121 Å². The number of carbonyl (C=O) groups is 3. The van der Waals surface area contributed by atoms with Gasteiger partial charge < -0.3 is 46.6 Å². The molecule has 9 atom stereocenters. The first-order chi connectivity index (χ1) is 36.9. The number of alkyl halides is 1. The molecule has 12 nitrogen and oxygen atoms in total. The van der Waals surface area contributed by atoms with Gasteiger partial charge in [-0.2, -0.15) is 0 Å². The summed E-state index contributed by atoms with van der Waals surface area (Å²) in [7, 11) is 0. The van der Waals surface area contributed by atoms with Crippen LogP contribution in [0.4, 0.5) is 0 Å². The minimum absolute atomic E-state index is 0.167. The SMILES string of the molecule is CC(O)C(O)C(Cc1ccc(-c2cc(Cl)cc(Cl)c2)cc1)NC(=O)CCl.CCC(=O)NC(Cc1ccc(-c2cc(Cl)cc(Cl)c2)cc1)C(O)C(C)O.CCC(=O)NC(Cc1ccc(-c2cc(Cl)cc(Cl)c2)cc1)C(O)C(C)O. The minimum Gasteiger partial charge on any atom is -0.391 e. The van der Waals surface area contributed by atoms with E-state index in [0.29, 0.717) is 62.2 Å². The second kappa shape index (κ2) is 32.7. The van der Waals surface area contributed by atoms with Crippen LogP contribution in [0, 0.1) is 0 Å². The average Bonchev–Trinajstić information content (AvgIpc) is 3.39. The molecule has 420 valence electrons. The standard InChI is InChI=1S/2C20H23Cl2NO3.C19H20Cl3NO3/c2*1-3-19(25)23-18(20(26)12(2)24)8-13-4-6-14(7-5-13)15-9-16(21)11-17(22)10-15;1-11(24)19(26)17(23-18(25)10-20)6-12-2-4-13(5-3-12)14-7-15(21)9-16(22)8-14/h2*4-7,9-12,18,20,24,26H,3,8H2,1-2H3,(H,23,25);2-5,7-9,11,17,19,24,26H,6,10H2,1H3,(H,23,25). The zero-order valence-corrected chi connectivity index (χ0v) is 48.9. The van der Waals surface area contributed by atoms with Crippen LogP contribution >= 0.6 is 81.2 Å². The maximum Gasteiger partial charge on any atom is 0.235 e. The fourth-order valence-corrected chi connectivity index (χ4v) is 9.72. The van der Waals surface area contributed by atoms with E-state index in [9.17, 15) is 45.0 Å². The maximum absolute atomic E-state index is 11.7. The smallest absolute Gasteiger partial charge is 0.235 e. The highest BCUT2D eigenvalue weighted by molar-refractivity contribution is 6.36. The highest BCUT2D eigenvalue weighted by Crippen LogP contribution is 2.31. The van der Waals surface area contributed by atoms with Gasteiger partial charge in [0.2, 0.25) is 17.7 Å². The van der Waals surface area contributed by atoms with Gasteiger partial charge in [-0.25, -0.2) is 0 Å². The summed E-state index contributed by atoms with van der Waals surface area (Å²) in [5.41, 5.74) is 8.34. The number of hydrogen-bond acceptors (Lipinski definition) is 9. The van der Waals surface area contributed by atoms with Crippen LogP contribution in [0.3, 0.4) is 0 Å². The molecular weight excluding hydrogens is 1140 g/mol. The van der Waals surface area contributed by atoms with Crippen molar-refractivity contribution in [2.75, 3.05) is 5.88 Å². The van der Waals surface area contributed by atoms with Crippen molar-refractivity contribution >= 4 is 98.9 Å². The molecular formula is C59H66Cl7N3O9. The Morgan fingerprint density at radius 1 is 0.372 bits per heavy atom. The van der Waals surface area contributed by atoms with E-state index in [1.54, 1.807) is 32.0 Å². The van der Waals surface area contributed by atoms with E-state index in [1.807, 2.05) is 109 Å². The molecule has 0 radical (unpaired) electrons. The molecule has 0 aliphatic heterocycles. The lowest BCUT2D eigenvalue weighted by Gasteiger charge is -2.26. The number of rotatable bonds is 21. The van der Waals surface area contributed by atoms with E-state index in [4.69, 9.17) is 81.2 Å². The predicted octanol–water partition coefficient (Wildman–Crippen LogP) is 11.3. The Labute approximate surface area is 491 Å². The number of benzene rings is 6. The Balaban J connectivity index is 0.000000252. The molecule has 6 aromatic carbocycles. The van der Waals surface area contributed by atoms with Crippen molar-refractivity contribution in [3.63, 3.8) is 0 Å². The van der Waals surface area contributed by atoms with Crippen molar-refractivity contribution in [3.05, 3.63) is 174 Å². The van der Waals surface area contributed by atoms with Crippen molar-refractivity contribution in [1.29, 1.82) is 0 Å². The Morgan fingerprint density at radius 2 is 0.590 bits per heavy atom. The number of aliphatic hydroxyl groups is 6. The summed E-state index contributed by atoms with van der Waals surface area (Å²) in [6.07, 6.45) is -4.25. The van der Waals surface area contributed by atoms with Crippen LogP contribution in [0.25, 0.3) is 33.4 Å². The van der Waals surface area contributed by atoms with E-state index in [1.165, 1.54) is 20.8 Å². The van der Waals surface area contributed by atoms with Crippen LogP contribution in [-0.4, -0.2) is 109 Å². The summed E-state index contributed by atoms with van der Waals surface area (Å²) in [4.78, 5) is 35.0. The minimum atomic E-state index is -1.10. The number of aliphatic hydroxyl groups excluding tert-OH is 6. The number of halogens is 7. The van der Waals surface area contributed by atoms with Gasteiger partial charge in [0.25, 0.3) is 0 Å². The Morgan fingerprint density at radius 3 is 0.782 bits per heavy atom. The predicted molar refractivity (Wildman–Crippen MR) is 317 cm³/mol. The van der Waals surface area contributed by atoms with Gasteiger partial charge in [-0.15, -0.1) is 11.6 Å². The molecule has 6 rings (SSSR count). The summed E-state index contributed by atoms with van der Waals surface area (Å²) in [6, 6.07) is 37.3. The van der Waals surface area contributed by atoms with Crippen LogP contribution in [0.15, 0.2) is 127 Å². The first kappa shape index (κ1) is 66.0. The molecule has 9 N–H and O–H groups in total. The Bertz CT molecular complexity index is 2490. The lowest BCUT2D eigenvalue weighted by atomic mass is 9.96. The van der Waals surface area contributed by atoms with E-state index >= 15 is 0 Å². The van der Waals surface area contributed by atoms with E-state index in [-0.39, 0.29) is 17.7 Å². The van der Waals surface area contributed by atoms with Crippen LogP contribution in [0.5, 0.6) is 0 Å². The van der Waals surface area contributed by atoms with Gasteiger partial charge in [0.15, 0.2) is 0 Å². The molecule has 0 aliphatic rings. The fraction of sp³-hybridized carbons (Fsp3) is 0.339. The lowest BCUT2D eigenvalue weighted by Crippen LogP contribution is -2.49. The molecule has 0 bridgehead atoms. The lowest BCUT2D eigenvalue weighted by molar-refractivity contribution is -0.123. The third-order valence-corrected chi connectivity index (χ3v) is 13.9. The molecule has 0 saturated heterocycles. The molecule has 19 heteroatoms. The second-order valence-electron chi connectivity index (χ2n) is 18.7. The van der Waals surface area contributed by atoms with Gasteiger partial charge >= 0.3 is 0 Å². The van der Waals surface area contributed by atoms with Gasteiger partial charge in [-0.3, -0.25) is 14.4 Å². The zero-order chi connectivity index (χ0) is 57.8.